The van der Waals surface area contributed by atoms with Gasteiger partial charge in [0.1, 0.15) is 23.2 Å². The first-order valence-electron chi connectivity index (χ1n) is 9.70. The van der Waals surface area contributed by atoms with Crippen LogP contribution in [0.15, 0.2) is 64.7 Å². The monoisotopic (exact) mass is 547 g/mol. The summed E-state index contributed by atoms with van der Waals surface area (Å²) in [6.45, 7) is 0. The Hall–Kier alpha value is -2.79. The maximum atomic E-state index is 12.6. The van der Waals surface area contributed by atoms with Gasteiger partial charge in [0.2, 0.25) is 0 Å². The highest BCUT2D eigenvalue weighted by Crippen LogP contribution is 2.35. The van der Waals surface area contributed by atoms with Crippen LogP contribution in [0, 0.1) is 11.3 Å². The average molecular weight is 549 g/mol. The van der Waals surface area contributed by atoms with Gasteiger partial charge in [0.15, 0.2) is 5.13 Å². The Morgan fingerprint density at radius 1 is 1.06 bits per heavy atom. The molecule has 0 aliphatic rings. The first kappa shape index (κ1) is 24.3. The topological polar surface area (TPSA) is 78.9 Å². The molecule has 2 aromatic heterocycles. The number of rotatable bonds is 6. The molecule has 0 fully saturated rings. The van der Waals surface area contributed by atoms with Gasteiger partial charge in [-0.05, 0) is 35.9 Å². The van der Waals surface area contributed by atoms with Gasteiger partial charge < -0.3 is 4.42 Å². The largest absolute Gasteiger partial charge is 0.457 e. The smallest absolute Gasteiger partial charge is 0.268 e. The molecule has 2 aromatic carbocycles. The summed E-state index contributed by atoms with van der Waals surface area (Å²) in [5.41, 5.74) is 1.31. The van der Waals surface area contributed by atoms with Crippen LogP contribution in [0.25, 0.3) is 17.4 Å². The number of thiazole rings is 1. The normalized spacial score (nSPS) is 11.3. The fraction of sp³-hybridized carbons (Fsp3) is 0.0417. The van der Waals surface area contributed by atoms with Crippen molar-refractivity contribution >= 4 is 74.9 Å². The van der Waals surface area contributed by atoms with E-state index in [1.807, 2.05) is 18.2 Å². The molecule has 0 radical (unpaired) electrons. The summed E-state index contributed by atoms with van der Waals surface area (Å²) in [7, 11) is 0. The number of benzene rings is 2. The minimum atomic E-state index is -0.608. The van der Waals surface area contributed by atoms with Crippen LogP contribution in [0.2, 0.25) is 20.1 Å². The van der Waals surface area contributed by atoms with Crippen molar-refractivity contribution in [1.29, 1.82) is 5.26 Å². The number of nitriles is 1. The van der Waals surface area contributed by atoms with Gasteiger partial charge in [-0.1, -0.05) is 64.6 Å². The second kappa shape index (κ2) is 10.6. The molecule has 0 aliphatic heterocycles. The Bertz CT molecular complexity index is 1450. The zero-order valence-electron chi connectivity index (χ0n) is 17.1. The molecular weight excluding hydrogens is 536 g/mol. The Balaban J connectivity index is 1.48. The number of hydrogen-bond acceptors (Lipinski definition) is 5. The van der Waals surface area contributed by atoms with Crippen molar-refractivity contribution in [3.05, 3.63) is 96.6 Å². The number of aromatic nitrogens is 1. The Morgan fingerprint density at radius 2 is 1.79 bits per heavy atom. The maximum absolute atomic E-state index is 12.6. The van der Waals surface area contributed by atoms with E-state index in [4.69, 9.17) is 50.8 Å². The minimum absolute atomic E-state index is 0.146. The number of halogens is 4. The standard InChI is InChI=1S/C24H13Cl4N3O2S/c25-18-5-1-3-13(21(18)27)10-16-12-30-24(34-16)31-23(32)14(11-29)9-15-7-8-20(33-15)17-4-2-6-19(26)22(17)28/h1-9,12H,10H2,(H,30,31,32). The molecule has 4 aromatic rings. The van der Waals surface area contributed by atoms with Crippen molar-refractivity contribution < 1.29 is 9.21 Å². The summed E-state index contributed by atoms with van der Waals surface area (Å²) < 4.78 is 5.74. The van der Waals surface area contributed by atoms with E-state index in [0.717, 1.165) is 10.4 Å². The number of carbonyl (C=O) groups is 1. The van der Waals surface area contributed by atoms with E-state index in [1.165, 1.54) is 17.4 Å². The molecule has 4 rings (SSSR count). The second-order valence-corrected chi connectivity index (χ2v) is 9.63. The zero-order valence-corrected chi connectivity index (χ0v) is 21.0. The lowest BCUT2D eigenvalue weighted by atomic mass is 10.1. The van der Waals surface area contributed by atoms with Crippen molar-refractivity contribution in [3.63, 3.8) is 0 Å². The molecule has 5 nitrogen and oxygen atoms in total. The molecule has 170 valence electrons. The summed E-state index contributed by atoms with van der Waals surface area (Å²) >= 11 is 25.9. The van der Waals surface area contributed by atoms with Crippen molar-refractivity contribution in [2.24, 2.45) is 0 Å². The fourth-order valence-electron chi connectivity index (χ4n) is 3.04. The van der Waals surface area contributed by atoms with Crippen molar-refractivity contribution in [2.75, 3.05) is 5.32 Å². The third kappa shape index (κ3) is 5.47. The highest BCUT2D eigenvalue weighted by molar-refractivity contribution is 7.15. The van der Waals surface area contributed by atoms with E-state index in [1.54, 1.807) is 42.6 Å². The molecule has 0 bridgehead atoms. The molecular formula is C24H13Cl4N3O2S. The summed E-state index contributed by atoms with van der Waals surface area (Å²) in [6, 6.07) is 15.8. The van der Waals surface area contributed by atoms with Gasteiger partial charge in [0, 0.05) is 29.1 Å². The predicted octanol–water partition coefficient (Wildman–Crippen LogP) is 8.15. The second-order valence-electron chi connectivity index (χ2n) is 6.95. The molecule has 0 aliphatic carbocycles. The molecule has 0 saturated carbocycles. The van der Waals surface area contributed by atoms with E-state index >= 15 is 0 Å². The van der Waals surface area contributed by atoms with Crippen LogP contribution in [-0.4, -0.2) is 10.9 Å². The molecule has 0 spiro atoms. The zero-order chi connectivity index (χ0) is 24.2. The van der Waals surface area contributed by atoms with Crippen LogP contribution >= 0.6 is 57.7 Å². The van der Waals surface area contributed by atoms with E-state index in [9.17, 15) is 10.1 Å². The summed E-state index contributed by atoms with van der Waals surface area (Å²) in [6.07, 6.45) is 3.49. The lowest BCUT2D eigenvalue weighted by molar-refractivity contribution is -0.112. The molecule has 0 unspecified atom stereocenters. The molecule has 10 heteroatoms. The van der Waals surface area contributed by atoms with Crippen LogP contribution in [-0.2, 0) is 11.2 Å². The van der Waals surface area contributed by atoms with Gasteiger partial charge in [-0.2, -0.15) is 5.26 Å². The molecule has 1 amide bonds. The number of amides is 1. The van der Waals surface area contributed by atoms with E-state index in [2.05, 4.69) is 10.3 Å². The van der Waals surface area contributed by atoms with E-state index < -0.39 is 5.91 Å². The predicted molar refractivity (Wildman–Crippen MR) is 138 cm³/mol. The number of hydrogen-bond donors (Lipinski definition) is 1. The average Bonchev–Trinajstić information content (AvgIpc) is 3.46. The van der Waals surface area contributed by atoms with Crippen LogP contribution in [0.5, 0.6) is 0 Å². The van der Waals surface area contributed by atoms with Gasteiger partial charge in [0.05, 0.1) is 20.1 Å². The Labute approximate surface area is 219 Å². The molecule has 0 atom stereocenters. The van der Waals surface area contributed by atoms with Gasteiger partial charge in [-0.3, -0.25) is 10.1 Å². The van der Waals surface area contributed by atoms with E-state index in [-0.39, 0.29) is 5.57 Å². The van der Waals surface area contributed by atoms with Crippen LogP contribution in [0.4, 0.5) is 5.13 Å². The summed E-state index contributed by atoms with van der Waals surface area (Å²) in [5, 5.41) is 14.2. The number of nitrogens with one attached hydrogen (secondary N) is 1. The van der Waals surface area contributed by atoms with Crippen molar-refractivity contribution in [3.8, 4) is 17.4 Å². The lowest BCUT2D eigenvalue weighted by Gasteiger charge is -2.03. The maximum Gasteiger partial charge on any atom is 0.268 e. The third-order valence-electron chi connectivity index (χ3n) is 4.67. The molecule has 1 N–H and O–H groups in total. The van der Waals surface area contributed by atoms with Gasteiger partial charge in [-0.15, -0.1) is 11.3 Å². The highest BCUT2D eigenvalue weighted by atomic mass is 35.5. The number of nitrogens with zero attached hydrogens (tertiary/aromatic N) is 2. The number of anilines is 1. The fourth-order valence-corrected chi connectivity index (χ4v) is 4.66. The van der Waals surface area contributed by atoms with Crippen molar-refractivity contribution in [2.45, 2.75) is 6.42 Å². The van der Waals surface area contributed by atoms with Gasteiger partial charge in [0.25, 0.3) is 5.91 Å². The molecule has 34 heavy (non-hydrogen) atoms. The van der Waals surface area contributed by atoms with E-state index in [0.29, 0.717) is 48.7 Å². The lowest BCUT2D eigenvalue weighted by Crippen LogP contribution is -2.13. The summed E-state index contributed by atoms with van der Waals surface area (Å²) in [4.78, 5) is 17.7. The third-order valence-corrected chi connectivity index (χ3v) is 7.26. The van der Waals surface area contributed by atoms with Gasteiger partial charge >= 0.3 is 0 Å². The highest BCUT2D eigenvalue weighted by Gasteiger charge is 2.15. The van der Waals surface area contributed by atoms with Gasteiger partial charge in [-0.25, -0.2) is 4.98 Å². The minimum Gasteiger partial charge on any atom is -0.457 e. The SMILES string of the molecule is N#CC(=Cc1ccc(-c2cccc(Cl)c2Cl)o1)C(=O)Nc1ncc(Cc2cccc(Cl)c2Cl)s1. The summed E-state index contributed by atoms with van der Waals surface area (Å²) in [5.74, 6) is 0.164. The first-order valence-corrected chi connectivity index (χ1v) is 12.0. The molecule has 0 saturated heterocycles. The Morgan fingerprint density at radius 3 is 2.56 bits per heavy atom. The van der Waals surface area contributed by atoms with Crippen LogP contribution < -0.4 is 5.32 Å². The quantitative estimate of drug-likeness (QED) is 0.195. The first-order chi connectivity index (χ1) is 16.4. The number of furan rings is 1. The van der Waals surface area contributed by atoms with Crippen LogP contribution in [0.1, 0.15) is 16.2 Å². The Kier molecular flexibility index (Phi) is 7.62. The number of carbonyl (C=O) groups excluding carboxylic acids is 1. The molecule has 2 heterocycles. The van der Waals surface area contributed by atoms with Crippen LogP contribution in [0.3, 0.4) is 0 Å². The van der Waals surface area contributed by atoms with Crippen molar-refractivity contribution in [1.82, 2.24) is 4.98 Å².